The molecule has 0 nitrogen and oxygen atoms in total. The third kappa shape index (κ3) is 4.60. The van der Waals surface area contributed by atoms with Crippen molar-refractivity contribution in [2.24, 2.45) is 0 Å². The van der Waals surface area contributed by atoms with Crippen molar-refractivity contribution in [1.29, 1.82) is 0 Å². The quantitative estimate of drug-likeness (QED) is 0.130. The van der Waals surface area contributed by atoms with Crippen molar-refractivity contribution in [3.63, 3.8) is 0 Å². The number of hydrogen-bond donors (Lipinski definition) is 0. The summed E-state index contributed by atoms with van der Waals surface area (Å²) in [6, 6.07) is 46.4. The van der Waals surface area contributed by atoms with Crippen LogP contribution in [0.25, 0.3) is 76.5 Å². The molecular formula is C52H42. The zero-order valence-corrected chi connectivity index (χ0v) is 30.5. The highest BCUT2D eigenvalue weighted by Gasteiger charge is 2.38. The first-order valence-electron chi connectivity index (χ1n) is 18.3. The Kier molecular flexibility index (Phi) is 7.08. The molecule has 2 aliphatic rings. The van der Waals surface area contributed by atoms with E-state index in [1.54, 1.807) is 12.2 Å². The van der Waals surface area contributed by atoms with E-state index >= 15 is 0 Å². The number of hydrogen-bond acceptors (Lipinski definition) is 0. The van der Waals surface area contributed by atoms with E-state index in [4.69, 9.17) is 0 Å². The Bertz CT molecular complexity index is 2820. The predicted octanol–water partition coefficient (Wildman–Crippen LogP) is 14.5. The fraction of sp³-hybridized carbons (Fsp3) is 0.115. The van der Waals surface area contributed by atoms with Gasteiger partial charge in [-0.1, -0.05) is 163 Å². The Morgan fingerprint density at radius 1 is 0.500 bits per heavy atom. The minimum Gasteiger partial charge on any atom is -0.0991 e. The van der Waals surface area contributed by atoms with E-state index in [0.29, 0.717) is 0 Å². The van der Waals surface area contributed by atoms with Gasteiger partial charge in [-0.2, -0.15) is 0 Å². The largest absolute Gasteiger partial charge is 0.0991 e. The molecule has 0 saturated heterocycles. The average Bonchev–Trinajstić information content (AvgIpc) is 3.53. The molecule has 10 rings (SSSR count). The van der Waals surface area contributed by atoms with E-state index < -0.39 is 0 Å². The lowest BCUT2D eigenvalue weighted by Crippen LogP contribution is -2.15. The summed E-state index contributed by atoms with van der Waals surface area (Å²) in [5.74, 6) is 0. The number of benzene rings is 8. The topological polar surface area (TPSA) is 0 Å². The maximum atomic E-state index is 3.66. The van der Waals surface area contributed by atoms with Gasteiger partial charge in [-0.25, -0.2) is 0 Å². The molecule has 0 amide bonds. The molecule has 8 aromatic carbocycles. The van der Waals surface area contributed by atoms with Gasteiger partial charge < -0.3 is 0 Å². The Balaban J connectivity index is 0.000000407. The van der Waals surface area contributed by atoms with E-state index in [1.165, 1.54) is 98.7 Å². The summed E-state index contributed by atoms with van der Waals surface area (Å²) < 4.78 is 0. The molecule has 0 heterocycles. The van der Waals surface area contributed by atoms with Gasteiger partial charge in [0, 0.05) is 10.8 Å². The molecular weight excluding hydrogens is 625 g/mol. The van der Waals surface area contributed by atoms with Crippen LogP contribution in [0.2, 0.25) is 0 Å². The van der Waals surface area contributed by atoms with E-state index in [1.807, 2.05) is 12.2 Å². The Morgan fingerprint density at radius 2 is 1.10 bits per heavy atom. The zero-order chi connectivity index (χ0) is 35.9. The smallest absolute Gasteiger partial charge is 0.0159 e. The zero-order valence-electron chi connectivity index (χ0n) is 30.5. The van der Waals surface area contributed by atoms with Crippen molar-refractivity contribution in [2.45, 2.75) is 38.5 Å². The second kappa shape index (κ2) is 11.5. The van der Waals surface area contributed by atoms with Gasteiger partial charge in [0.05, 0.1) is 0 Å². The molecule has 52 heavy (non-hydrogen) atoms. The number of rotatable bonds is 4. The van der Waals surface area contributed by atoms with E-state index in [0.717, 1.165) is 5.57 Å². The fourth-order valence-electron chi connectivity index (χ4n) is 9.07. The minimum absolute atomic E-state index is 0.0181. The van der Waals surface area contributed by atoms with Gasteiger partial charge in [-0.3, -0.25) is 0 Å². The van der Waals surface area contributed by atoms with Gasteiger partial charge in [0.2, 0.25) is 0 Å². The van der Waals surface area contributed by atoms with Crippen LogP contribution in [0, 0.1) is 0 Å². The summed E-state index contributed by atoms with van der Waals surface area (Å²) in [6.45, 7) is 20.3. The Labute approximate surface area is 307 Å². The van der Waals surface area contributed by atoms with Crippen molar-refractivity contribution in [3.05, 3.63) is 193 Å². The summed E-state index contributed by atoms with van der Waals surface area (Å²) >= 11 is 0. The van der Waals surface area contributed by atoms with E-state index in [2.05, 4.69) is 169 Å². The lowest BCUT2D eigenvalue weighted by Gasteiger charge is -2.23. The summed E-state index contributed by atoms with van der Waals surface area (Å²) in [5, 5.41) is 10.8. The summed E-state index contributed by atoms with van der Waals surface area (Å²) in [5.41, 5.74) is 14.6. The summed E-state index contributed by atoms with van der Waals surface area (Å²) in [7, 11) is 0. The molecule has 0 atom stereocenters. The molecule has 0 aliphatic heterocycles. The van der Waals surface area contributed by atoms with Gasteiger partial charge >= 0.3 is 0 Å². The maximum Gasteiger partial charge on any atom is 0.0159 e. The van der Waals surface area contributed by atoms with Crippen LogP contribution in [0.3, 0.4) is 0 Å². The fourth-order valence-corrected chi connectivity index (χ4v) is 9.07. The van der Waals surface area contributed by atoms with E-state index in [-0.39, 0.29) is 10.8 Å². The van der Waals surface area contributed by atoms with Crippen molar-refractivity contribution >= 4 is 43.1 Å². The first-order chi connectivity index (χ1) is 25.1. The number of fused-ring (bicyclic) bond motifs is 8. The molecule has 0 N–H and O–H groups in total. The molecule has 0 heteroatoms. The average molecular weight is 667 g/mol. The highest BCUT2D eigenvalue weighted by Crippen LogP contribution is 2.55. The predicted molar refractivity (Wildman–Crippen MR) is 227 cm³/mol. The van der Waals surface area contributed by atoms with Crippen molar-refractivity contribution in [3.8, 4) is 33.4 Å². The third-order valence-corrected chi connectivity index (χ3v) is 11.9. The molecule has 0 saturated carbocycles. The van der Waals surface area contributed by atoms with Crippen LogP contribution in [0.1, 0.15) is 49.9 Å². The van der Waals surface area contributed by atoms with Crippen LogP contribution < -0.4 is 0 Å². The molecule has 0 bridgehead atoms. The first-order valence-corrected chi connectivity index (χ1v) is 18.3. The normalized spacial score (nSPS) is 14.6. The van der Waals surface area contributed by atoms with Crippen LogP contribution in [-0.4, -0.2) is 0 Å². The highest BCUT2D eigenvalue weighted by atomic mass is 14.4. The van der Waals surface area contributed by atoms with Crippen molar-refractivity contribution in [1.82, 2.24) is 0 Å². The molecule has 0 radical (unpaired) electrons. The van der Waals surface area contributed by atoms with Crippen LogP contribution >= 0.6 is 0 Å². The van der Waals surface area contributed by atoms with Crippen LogP contribution in [0.15, 0.2) is 171 Å². The second-order valence-electron chi connectivity index (χ2n) is 15.5. The van der Waals surface area contributed by atoms with Crippen LogP contribution in [0.4, 0.5) is 0 Å². The van der Waals surface area contributed by atoms with Gasteiger partial charge in [0.25, 0.3) is 0 Å². The summed E-state index contributed by atoms with van der Waals surface area (Å²) in [4.78, 5) is 0. The summed E-state index contributed by atoms with van der Waals surface area (Å²) in [6.07, 6.45) is 7.07. The highest BCUT2D eigenvalue weighted by molar-refractivity contribution is 6.26. The number of allylic oxidation sites excluding steroid dienone is 5. The molecule has 0 spiro atoms. The Hall–Kier alpha value is -5.98. The van der Waals surface area contributed by atoms with Crippen LogP contribution in [0.5, 0.6) is 0 Å². The molecule has 0 aromatic heterocycles. The monoisotopic (exact) mass is 666 g/mol. The van der Waals surface area contributed by atoms with Crippen molar-refractivity contribution in [2.75, 3.05) is 0 Å². The Morgan fingerprint density at radius 3 is 1.85 bits per heavy atom. The molecule has 0 unspecified atom stereocenters. The minimum atomic E-state index is -0.0879. The van der Waals surface area contributed by atoms with Crippen LogP contribution in [-0.2, 0) is 10.8 Å². The van der Waals surface area contributed by atoms with Gasteiger partial charge in [-0.05, 0) is 135 Å². The SMILES string of the molecule is C=C/C=C\C(=C)C=C.CC1(C)c2ccc(-c3ccc4c(c3)C(C)(C)c3cc5ccc6cccc7ccc(c3-4)c5c67)cc2-c2cc3ccccc3cc21. The van der Waals surface area contributed by atoms with Gasteiger partial charge in [0.15, 0.2) is 0 Å². The second-order valence-corrected chi connectivity index (χ2v) is 15.5. The molecule has 250 valence electrons. The lowest BCUT2D eigenvalue weighted by molar-refractivity contribution is 0.661. The lowest BCUT2D eigenvalue weighted by atomic mass is 9.80. The standard InChI is InChI=1S/C44H32.C8H10/c1-43(2)36-19-16-29(21-34(36)35-20-27-8-5-6-9-28(27)22-38(35)43)30-15-17-32-37(23-30)44(3,4)39-24-31-13-12-25-10-7-11-26-14-18-33(42(32)39)41(31)40(25)26;1-4-6-7-8(3)5-2/h5-24H,1-4H3;4-7H,1-3H2/b;7-6-. The van der Waals surface area contributed by atoms with Crippen molar-refractivity contribution < 1.29 is 0 Å². The molecule has 2 aliphatic carbocycles. The third-order valence-electron chi connectivity index (χ3n) is 11.9. The maximum absolute atomic E-state index is 3.66. The van der Waals surface area contributed by atoms with Gasteiger partial charge in [0.1, 0.15) is 0 Å². The van der Waals surface area contributed by atoms with Gasteiger partial charge in [-0.15, -0.1) is 0 Å². The first kappa shape index (κ1) is 32.0. The van der Waals surface area contributed by atoms with E-state index in [9.17, 15) is 0 Å². The molecule has 8 aromatic rings. The molecule has 0 fully saturated rings.